The average Bonchev–Trinajstić information content (AvgIpc) is 2.76. The topological polar surface area (TPSA) is 81.3 Å². The Labute approximate surface area is 212 Å². The van der Waals surface area contributed by atoms with Crippen molar-refractivity contribution in [3.05, 3.63) is 11.6 Å². The minimum absolute atomic E-state index is 0.337. The minimum atomic E-state index is -0.790. The molecule has 0 aliphatic heterocycles. The van der Waals surface area contributed by atoms with Crippen molar-refractivity contribution in [2.24, 2.45) is 29.1 Å². The monoisotopic (exact) mass is 493 g/mol. The number of nitrogens with zero attached hydrogens (tertiary/aromatic N) is 1. The molecule has 8 unspecified atom stereocenters. The summed E-state index contributed by atoms with van der Waals surface area (Å²) in [6.45, 7) is 12.7. The second-order valence-corrected chi connectivity index (χ2v) is 12.8. The normalized spacial score (nSPS) is 26.0. The highest BCUT2D eigenvalue weighted by molar-refractivity contribution is 7.18. The Morgan fingerprint density at radius 2 is 1.71 bits per heavy atom. The summed E-state index contributed by atoms with van der Waals surface area (Å²) in [6.07, 6.45) is 13.5. The van der Waals surface area contributed by atoms with E-state index in [2.05, 4.69) is 49.1 Å². The second kappa shape index (κ2) is 14.6. The van der Waals surface area contributed by atoms with Crippen LogP contribution < -0.4 is 0 Å². The Morgan fingerprint density at radius 3 is 2.32 bits per heavy atom. The Kier molecular flexibility index (Phi) is 13.4. The molecular formula is C29H52NO3P. The summed E-state index contributed by atoms with van der Waals surface area (Å²) in [7, 11) is 3.07. The molecule has 0 bridgehead atoms. The smallest absolute Gasteiger partial charge is 0.306 e. The fourth-order valence-corrected chi connectivity index (χ4v) is 5.86. The number of aliphatic carboxylic acids is 1. The first-order valence-corrected chi connectivity index (χ1v) is 14.3. The largest absolute Gasteiger partial charge is 0.481 e. The zero-order valence-electron chi connectivity index (χ0n) is 22.8. The zero-order chi connectivity index (χ0) is 25.9. The van der Waals surface area contributed by atoms with Gasteiger partial charge in [-0.1, -0.05) is 52.2 Å². The van der Waals surface area contributed by atoms with E-state index >= 15 is 0 Å². The summed E-state index contributed by atoms with van der Waals surface area (Å²) in [4.78, 5) is 10.9. The van der Waals surface area contributed by atoms with Crippen LogP contribution in [0.2, 0.25) is 0 Å². The van der Waals surface area contributed by atoms with Gasteiger partial charge in [0.2, 0.25) is 0 Å². The van der Waals surface area contributed by atoms with Gasteiger partial charge in [-0.3, -0.25) is 4.79 Å². The SMILES string of the molecule is CC(CCCC(C)(C#N)CCCC(C)(O)CCCC(C)C(=O)O)CCC1=CCC(C)C(C)C1P. The minimum Gasteiger partial charge on any atom is -0.481 e. The third-order valence-electron chi connectivity index (χ3n) is 8.48. The third kappa shape index (κ3) is 11.2. The molecule has 0 radical (unpaired) electrons. The number of aliphatic hydroxyl groups is 1. The van der Waals surface area contributed by atoms with E-state index in [1.54, 1.807) is 12.5 Å². The number of allylic oxidation sites excluding steroid dienone is 2. The van der Waals surface area contributed by atoms with Crippen molar-refractivity contribution >= 4 is 15.2 Å². The molecule has 196 valence electrons. The van der Waals surface area contributed by atoms with E-state index in [1.807, 2.05) is 6.92 Å². The zero-order valence-corrected chi connectivity index (χ0v) is 23.9. The number of rotatable bonds is 16. The first kappa shape index (κ1) is 31.1. The number of hydrogen-bond donors (Lipinski definition) is 2. The molecule has 0 heterocycles. The Bertz CT molecular complexity index is 698. The lowest BCUT2D eigenvalue weighted by molar-refractivity contribution is -0.141. The van der Waals surface area contributed by atoms with Gasteiger partial charge in [0.05, 0.1) is 23.0 Å². The molecule has 0 saturated carbocycles. The van der Waals surface area contributed by atoms with Gasteiger partial charge in [0.15, 0.2) is 0 Å². The van der Waals surface area contributed by atoms with Gasteiger partial charge in [-0.15, -0.1) is 9.24 Å². The van der Waals surface area contributed by atoms with Crippen LogP contribution in [0.25, 0.3) is 0 Å². The molecule has 0 aromatic carbocycles. The number of hydrogen-bond acceptors (Lipinski definition) is 3. The van der Waals surface area contributed by atoms with E-state index in [9.17, 15) is 15.2 Å². The molecule has 1 rings (SSSR count). The number of carboxylic acid groups (broad SMARTS) is 1. The predicted molar refractivity (Wildman–Crippen MR) is 146 cm³/mol. The molecule has 0 amide bonds. The molecule has 8 atom stereocenters. The number of carbonyl (C=O) groups is 1. The van der Waals surface area contributed by atoms with Crippen LogP contribution in [0.1, 0.15) is 119 Å². The van der Waals surface area contributed by atoms with Gasteiger partial charge >= 0.3 is 5.97 Å². The summed E-state index contributed by atoms with van der Waals surface area (Å²) in [5.74, 6) is 1.05. The van der Waals surface area contributed by atoms with Crippen LogP contribution in [0.3, 0.4) is 0 Å². The molecule has 0 saturated heterocycles. The van der Waals surface area contributed by atoms with Gasteiger partial charge in [-0.2, -0.15) is 5.26 Å². The van der Waals surface area contributed by atoms with Gasteiger partial charge in [0, 0.05) is 0 Å². The van der Waals surface area contributed by atoms with Crippen molar-refractivity contribution in [1.82, 2.24) is 0 Å². The van der Waals surface area contributed by atoms with Crippen molar-refractivity contribution in [3.63, 3.8) is 0 Å². The molecule has 1 aliphatic rings. The van der Waals surface area contributed by atoms with Crippen LogP contribution in [0.4, 0.5) is 0 Å². The first-order valence-electron chi connectivity index (χ1n) is 13.6. The summed E-state index contributed by atoms with van der Waals surface area (Å²) < 4.78 is 0. The highest BCUT2D eigenvalue weighted by Gasteiger charge is 2.28. The van der Waals surface area contributed by atoms with Crippen LogP contribution in [-0.2, 0) is 4.79 Å². The summed E-state index contributed by atoms with van der Waals surface area (Å²) in [5.41, 5.74) is 1.11. The highest BCUT2D eigenvalue weighted by Crippen LogP contribution is 2.38. The van der Waals surface area contributed by atoms with Crippen molar-refractivity contribution in [3.8, 4) is 6.07 Å². The second-order valence-electron chi connectivity index (χ2n) is 12.1. The van der Waals surface area contributed by atoms with E-state index in [1.165, 1.54) is 19.3 Å². The Hall–Kier alpha value is -0.910. The molecule has 4 nitrogen and oxygen atoms in total. The first-order chi connectivity index (χ1) is 15.8. The highest BCUT2D eigenvalue weighted by atomic mass is 31.0. The van der Waals surface area contributed by atoms with Crippen LogP contribution in [0.5, 0.6) is 0 Å². The van der Waals surface area contributed by atoms with Crippen LogP contribution in [0, 0.1) is 40.4 Å². The Balaban J connectivity index is 2.33. The molecule has 2 N–H and O–H groups in total. The molecule has 34 heavy (non-hydrogen) atoms. The quantitative estimate of drug-likeness (QED) is 0.170. The van der Waals surface area contributed by atoms with Gasteiger partial charge in [0.25, 0.3) is 0 Å². The van der Waals surface area contributed by atoms with E-state index in [0.29, 0.717) is 37.3 Å². The molecule has 0 aromatic heterocycles. The maximum absolute atomic E-state index is 10.9. The maximum Gasteiger partial charge on any atom is 0.306 e. The van der Waals surface area contributed by atoms with Crippen molar-refractivity contribution in [1.29, 1.82) is 5.26 Å². The molecule has 5 heteroatoms. The van der Waals surface area contributed by atoms with Crippen molar-refractivity contribution in [2.75, 3.05) is 0 Å². The van der Waals surface area contributed by atoms with E-state index in [4.69, 9.17) is 5.11 Å². The Morgan fingerprint density at radius 1 is 1.12 bits per heavy atom. The van der Waals surface area contributed by atoms with Gasteiger partial charge < -0.3 is 10.2 Å². The van der Waals surface area contributed by atoms with Crippen molar-refractivity contribution < 1.29 is 15.0 Å². The van der Waals surface area contributed by atoms with Crippen LogP contribution >= 0.6 is 9.24 Å². The molecular weight excluding hydrogens is 441 g/mol. The van der Waals surface area contributed by atoms with E-state index < -0.39 is 11.6 Å². The molecule has 0 fully saturated rings. The number of carboxylic acids is 1. The average molecular weight is 494 g/mol. The fraction of sp³-hybridized carbons (Fsp3) is 0.862. The molecule has 0 spiro atoms. The molecule has 0 aromatic rings. The lowest BCUT2D eigenvalue weighted by Crippen LogP contribution is -2.25. The summed E-state index contributed by atoms with van der Waals surface area (Å²) in [6, 6.07) is 2.55. The summed E-state index contributed by atoms with van der Waals surface area (Å²) >= 11 is 0. The third-order valence-corrected chi connectivity index (χ3v) is 9.52. The lowest BCUT2D eigenvalue weighted by atomic mass is 9.78. The van der Waals surface area contributed by atoms with Gasteiger partial charge in [0.1, 0.15) is 0 Å². The fourth-order valence-electron chi connectivity index (χ4n) is 5.18. The van der Waals surface area contributed by atoms with Gasteiger partial charge in [-0.05, 0) is 101 Å². The van der Waals surface area contributed by atoms with Crippen molar-refractivity contribution in [2.45, 2.75) is 130 Å². The standard InChI is InChI=1S/C29H52NO3P/c1-21(12-14-25-15-13-22(2)24(4)26(25)34)10-7-16-28(5,20-30)17-9-19-29(6,33)18-8-11-23(3)27(31)32/h15,21-24,26,33H,7-14,16-19,34H2,1-6H3,(H,31,32). The molecule has 1 aliphatic carbocycles. The van der Waals surface area contributed by atoms with E-state index in [-0.39, 0.29) is 11.3 Å². The predicted octanol–water partition coefficient (Wildman–Crippen LogP) is 7.76. The number of nitriles is 1. The lowest BCUT2D eigenvalue weighted by Gasteiger charge is -2.33. The van der Waals surface area contributed by atoms with E-state index in [0.717, 1.165) is 43.9 Å². The van der Waals surface area contributed by atoms with Crippen LogP contribution in [0.15, 0.2) is 11.6 Å². The maximum atomic E-state index is 10.9. The van der Waals surface area contributed by atoms with Gasteiger partial charge in [-0.25, -0.2) is 0 Å². The summed E-state index contributed by atoms with van der Waals surface area (Å²) in [5, 5.41) is 29.5. The van der Waals surface area contributed by atoms with Crippen LogP contribution in [-0.4, -0.2) is 27.4 Å².